The van der Waals surface area contributed by atoms with Gasteiger partial charge >= 0.3 is 0 Å². The third-order valence-corrected chi connectivity index (χ3v) is 3.48. The van der Waals surface area contributed by atoms with Crippen molar-refractivity contribution in [1.29, 1.82) is 0 Å². The van der Waals surface area contributed by atoms with Crippen LogP contribution in [0, 0.1) is 0 Å². The molecule has 0 aromatic carbocycles. The maximum Gasteiger partial charge on any atom is 0.0964 e. The van der Waals surface area contributed by atoms with E-state index in [1.54, 1.807) is 4.68 Å². The average molecular weight is 267 g/mol. The van der Waals surface area contributed by atoms with E-state index in [1.165, 1.54) is 12.8 Å². The number of aryl methyl sites for hydroxylation is 1. The molecule has 0 unspecified atom stereocenters. The molecule has 1 fully saturated rings. The molecule has 0 amide bonds. The van der Waals surface area contributed by atoms with Gasteiger partial charge in [-0.05, 0) is 25.8 Å². The molecule has 1 aliphatic carbocycles. The van der Waals surface area contributed by atoms with Gasteiger partial charge in [0.2, 0.25) is 0 Å². The number of nitrogens with zero attached hydrogens (tertiary/aromatic N) is 4. The van der Waals surface area contributed by atoms with Gasteiger partial charge in [-0.1, -0.05) is 12.1 Å². The molecule has 1 aromatic rings. The van der Waals surface area contributed by atoms with Gasteiger partial charge in [0.25, 0.3) is 0 Å². The van der Waals surface area contributed by atoms with Crippen LogP contribution in [0.15, 0.2) is 6.20 Å². The maximum absolute atomic E-state index is 8.75. The molecule has 6 nitrogen and oxygen atoms in total. The SMILES string of the molecule is CCN(CCNCc1cn(CCCO)nn1)C1CC1. The Bertz CT molecular complexity index is 364. The van der Waals surface area contributed by atoms with Crippen LogP contribution in [0.4, 0.5) is 0 Å². The fourth-order valence-electron chi connectivity index (χ4n) is 2.24. The normalized spacial score (nSPS) is 15.3. The van der Waals surface area contributed by atoms with Crippen molar-refractivity contribution < 1.29 is 5.11 Å². The Hall–Kier alpha value is -0.980. The first-order chi connectivity index (χ1) is 9.33. The molecule has 1 aromatic heterocycles. The Balaban J connectivity index is 1.60. The van der Waals surface area contributed by atoms with E-state index in [-0.39, 0.29) is 6.61 Å². The molecule has 6 heteroatoms. The van der Waals surface area contributed by atoms with Crippen molar-refractivity contribution in [2.75, 3.05) is 26.2 Å². The molecule has 0 radical (unpaired) electrons. The third kappa shape index (κ3) is 4.89. The average Bonchev–Trinajstić information content (AvgIpc) is 3.16. The summed E-state index contributed by atoms with van der Waals surface area (Å²) < 4.78 is 1.79. The Kier molecular flexibility index (Phi) is 5.75. The van der Waals surface area contributed by atoms with Crippen LogP contribution >= 0.6 is 0 Å². The molecular weight excluding hydrogens is 242 g/mol. The highest BCUT2D eigenvalue weighted by molar-refractivity contribution is 4.91. The second kappa shape index (κ2) is 7.57. The quantitative estimate of drug-likeness (QED) is 0.594. The predicted octanol–water partition coefficient (Wildman–Crippen LogP) is 0.234. The predicted molar refractivity (Wildman–Crippen MR) is 73.7 cm³/mol. The largest absolute Gasteiger partial charge is 0.396 e. The van der Waals surface area contributed by atoms with Gasteiger partial charge in [0.15, 0.2) is 0 Å². The van der Waals surface area contributed by atoms with Gasteiger partial charge in [-0.15, -0.1) is 5.10 Å². The highest BCUT2D eigenvalue weighted by atomic mass is 16.3. The van der Waals surface area contributed by atoms with Crippen molar-refractivity contribution >= 4 is 0 Å². The van der Waals surface area contributed by atoms with Gasteiger partial charge in [0.1, 0.15) is 0 Å². The molecule has 1 saturated carbocycles. The summed E-state index contributed by atoms with van der Waals surface area (Å²) in [7, 11) is 0. The van der Waals surface area contributed by atoms with Crippen molar-refractivity contribution in [2.45, 2.75) is 45.3 Å². The molecule has 2 N–H and O–H groups in total. The smallest absolute Gasteiger partial charge is 0.0964 e. The lowest BCUT2D eigenvalue weighted by molar-refractivity contribution is 0.276. The van der Waals surface area contributed by atoms with Gasteiger partial charge in [0, 0.05) is 45.0 Å². The van der Waals surface area contributed by atoms with Crippen LogP contribution in [0.1, 0.15) is 31.9 Å². The summed E-state index contributed by atoms with van der Waals surface area (Å²) in [6.45, 7) is 7.17. The topological polar surface area (TPSA) is 66.2 Å². The molecule has 108 valence electrons. The van der Waals surface area contributed by atoms with Crippen molar-refractivity contribution in [2.24, 2.45) is 0 Å². The minimum absolute atomic E-state index is 0.196. The maximum atomic E-state index is 8.75. The Morgan fingerprint density at radius 1 is 1.53 bits per heavy atom. The molecule has 0 atom stereocenters. The number of aromatic nitrogens is 3. The first-order valence-corrected chi connectivity index (χ1v) is 7.28. The van der Waals surface area contributed by atoms with Gasteiger partial charge in [-0.25, -0.2) is 0 Å². The van der Waals surface area contributed by atoms with E-state index in [0.29, 0.717) is 0 Å². The van der Waals surface area contributed by atoms with Crippen molar-refractivity contribution in [1.82, 2.24) is 25.2 Å². The highest BCUT2D eigenvalue weighted by Gasteiger charge is 2.26. The molecule has 0 aliphatic heterocycles. The monoisotopic (exact) mass is 267 g/mol. The summed E-state index contributed by atoms with van der Waals surface area (Å²) in [5.41, 5.74) is 0.965. The number of hydrogen-bond donors (Lipinski definition) is 2. The Morgan fingerprint density at radius 3 is 3.05 bits per heavy atom. The summed E-state index contributed by atoms with van der Waals surface area (Å²) in [6, 6.07) is 0.839. The van der Waals surface area contributed by atoms with Crippen LogP contribution in [0.2, 0.25) is 0 Å². The number of rotatable bonds is 10. The van der Waals surface area contributed by atoms with E-state index in [4.69, 9.17) is 5.11 Å². The van der Waals surface area contributed by atoms with Gasteiger partial charge in [-0.2, -0.15) is 0 Å². The Labute approximate surface area is 114 Å². The third-order valence-electron chi connectivity index (χ3n) is 3.48. The molecule has 1 aliphatic rings. The van der Waals surface area contributed by atoms with Crippen molar-refractivity contribution in [3.63, 3.8) is 0 Å². The zero-order valence-electron chi connectivity index (χ0n) is 11.8. The van der Waals surface area contributed by atoms with E-state index in [0.717, 1.165) is 50.9 Å². The van der Waals surface area contributed by atoms with Crippen LogP contribution < -0.4 is 5.32 Å². The van der Waals surface area contributed by atoms with Crippen molar-refractivity contribution in [3.05, 3.63) is 11.9 Å². The van der Waals surface area contributed by atoms with E-state index < -0.39 is 0 Å². The van der Waals surface area contributed by atoms with Crippen LogP contribution in [0.5, 0.6) is 0 Å². The fourth-order valence-corrected chi connectivity index (χ4v) is 2.24. The van der Waals surface area contributed by atoms with Crippen LogP contribution in [-0.2, 0) is 13.1 Å². The highest BCUT2D eigenvalue weighted by Crippen LogP contribution is 2.25. The first kappa shape index (κ1) is 14.4. The zero-order valence-corrected chi connectivity index (χ0v) is 11.8. The number of hydrogen-bond acceptors (Lipinski definition) is 5. The minimum Gasteiger partial charge on any atom is -0.396 e. The van der Waals surface area contributed by atoms with E-state index in [2.05, 4.69) is 27.5 Å². The van der Waals surface area contributed by atoms with E-state index >= 15 is 0 Å². The summed E-state index contributed by atoms with van der Waals surface area (Å²) in [6.07, 6.45) is 5.41. The summed E-state index contributed by atoms with van der Waals surface area (Å²) in [4.78, 5) is 2.53. The van der Waals surface area contributed by atoms with Crippen molar-refractivity contribution in [3.8, 4) is 0 Å². The first-order valence-electron chi connectivity index (χ1n) is 7.28. The molecule has 2 rings (SSSR count). The molecule has 0 bridgehead atoms. The number of aliphatic hydroxyl groups is 1. The molecular formula is C13H25N5O. The molecule has 0 saturated heterocycles. The zero-order chi connectivity index (χ0) is 13.5. The number of nitrogens with one attached hydrogen (secondary N) is 1. The van der Waals surface area contributed by atoms with E-state index in [1.807, 2.05) is 6.20 Å². The van der Waals surface area contributed by atoms with Crippen LogP contribution in [-0.4, -0.2) is 57.3 Å². The number of aliphatic hydroxyl groups excluding tert-OH is 1. The summed E-state index contributed by atoms with van der Waals surface area (Å²) in [5, 5.41) is 20.3. The van der Waals surface area contributed by atoms with Gasteiger partial charge in [0.05, 0.1) is 5.69 Å². The second-order valence-electron chi connectivity index (χ2n) is 5.09. The lowest BCUT2D eigenvalue weighted by Crippen LogP contribution is -2.33. The van der Waals surface area contributed by atoms with Crippen LogP contribution in [0.25, 0.3) is 0 Å². The van der Waals surface area contributed by atoms with Gasteiger partial charge in [-0.3, -0.25) is 9.58 Å². The summed E-state index contributed by atoms with van der Waals surface area (Å²) >= 11 is 0. The summed E-state index contributed by atoms with van der Waals surface area (Å²) in [5.74, 6) is 0. The number of likely N-dealkylation sites (N-methyl/N-ethyl adjacent to an activating group) is 1. The minimum atomic E-state index is 0.196. The van der Waals surface area contributed by atoms with Gasteiger partial charge < -0.3 is 10.4 Å². The second-order valence-corrected chi connectivity index (χ2v) is 5.09. The lowest BCUT2D eigenvalue weighted by atomic mass is 10.4. The fraction of sp³-hybridized carbons (Fsp3) is 0.846. The molecule has 19 heavy (non-hydrogen) atoms. The molecule has 1 heterocycles. The molecule has 0 spiro atoms. The lowest BCUT2D eigenvalue weighted by Gasteiger charge is -2.19. The standard InChI is InChI=1S/C13H25N5O/c1-2-17(13-4-5-13)8-6-14-10-12-11-18(16-15-12)7-3-9-19/h11,13-14,19H,2-10H2,1H3. The van der Waals surface area contributed by atoms with Crippen LogP contribution in [0.3, 0.4) is 0 Å². The van der Waals surface area contributed by atoms with E-state index in [9.17, 15) is 0 Å². The Morgan fingerprint density at radius 2 is 2.37 bits per heavy atom.